The predicted molar refractivity (Wildman–Crippen MR) is 126 cm³/mol. The van der Waals surface area contributed by atoms with Gasteiger partial charge in [-0.15, -0.1) is 0 Å². The summed E-state index contributed by atoms with van der Waals surface area (Å²) in [6.07, 6.45) is 3.30. The lowest BCUT2D eigenvalue weighted by Gasteiger charge is -2.11. The number of carbonyl (C=O) groups excluding carboxylic acids is 1. The molecule has 0 spiro atoms. The summed E-state index contributed by atoms with van der Waals surface area (Å²) in [5, 5.41) is 2.92. The number of aromatic nitrogens is 4. The van der Waals surface area contributed by atoms with Gasteiger partial charge in [-0.25, -0.2) is 0 Å². The van der Waals surface area contributed by atoms with Gasteiger partial charge < -0.3 is 10.2 Å². The first-order chi connectivity index (χ1) is 15.4. The predicted octanol–water partition coefficient (Wildman–Crippen LogP) is 2.29. The molecule has 0 radical (unpaired) electrons. The van der Waals surface area contributed by atoms with Crippen LogP contribution in [0.2, 0.25) is 0 Å². The van der Waals surface area contributed by atoms with Crippen molar-refractivity contribution in [2.45, 2.75) is 0 Å². The molecule has 0 aliphatic heterocycles. The molecule has 4 aromatic rings. The molecule has 0 aliphatic rings. The Morgan fingerprint density at radius 1 is 0.969 bits per heavy atom. The number of rotatable bonds is 6. The number of carbonyl (C=O) groups is 1. The Hall–Kier alpha value is -3.78. The molecule has 164 valence electrons. The van der Waals surface area contributed by atoms with Gasteiger partial charge in [0.15, 0.2) is 0 Å². The van der Waals surface area contributed by atoms with Crippen molar-refractivity contribution in [3.63, 3.8) is 0 Å². The Morgan fingerprint density at radius 2 is 1.72 bits per heavy atom. The summed E-state index contributed by atoms with van der Waals surface area (Å²) in [6.45, 7) is 1.30. The maximum absolute atomic E-state index is 13.2. The summed E-state index contributed by atoms with van der Waals surface area (Å²) in [5.74, 6) is -0.163. The highest BCUT2D eigenvalue weighted by atomic mass is 16.1. The van der Waals surface area contributed by atoms with E-state index in [1.165, 1.54) is 0 Å². The summed E-state index contributed by atoms with van der Waals surface area (Å²) in [7, 11) is 7.49. The zero-order valence-corrected chi connectivity index (χ0v) is 18.7. The van der Waals surface area contributed by atoms with Crippen LogP contribution in [0.3, 0.4) is 0 Å². The van der Waals surface area contributed by atoms with Crippen molar-refractivity contribution in [3.8, 4) is 22.4 Å². The van der Waals surface area contributed by atoms with E-state index in [1.54, 1.807) is 42.3 Å². The molecule has 1 N–H and O–H groups in total. The minimum absolute atomic E-state index is 0.132. The van der Waals surface area contributed by atoms with Crippen molar-refractivity contribution in [1.29, 1.82) is 0 Å². The standard InChI is InChI=1S/C24H26N6O2/c1-28(2)13-12-27-23(31)18-7-5-6-16(14-18)21-22(29(3)30(4)24(21)32)17-8-9-19-20(15-17)26-11-10-25-19/h5-11,14-15H,12-13H2,1-4H3,(H,27,31). The Balaban J connectivity index is 1.79. The zero-order valence-electron chi connectivity index (χ0n) is 18.7. The third-order valence-electron chi connectivity index (χ3n) is 5.52. The third kappa shape index (κ3) is 4.04. The molecular formula is C24H26N6O2. The van der Waals surface area contributed by atoms with E-state index in [9.17, 15) is 9.59 Å². The lowest BCUT2D eigenvalue weighted by molar-refractivity contribution is 0.0951. The van der Waals surface area contributed by atoms with Gasteiger partial charge in [-0.1, -0.05) is 18.2 Å². The van der Waals surface area contributed by atoms with E-state index in [4.69, 9.17) is 0 Å². The van der Waals surface area contributed by atoms with Crippen LogP contribution < -0.4 is 10.9 Å². The highest BCUT2D eigenvalue weighted by molar-refractivity contribution is 5.96. The lowest BCUT2D eigenvalue weighted by atomic mass is 9.99. The van der Waals surface area contributed by atoms with Gasteiger partial charge >= 0.3 is 0 Å². The fourth-order valence-corrected chi connectivity index (χ4v) is 3.72. The Bertz CT molecular complexity index is 1350. The van der Waals surface area contributed by atoms with Crippen molar-refractivity contribution in [3.05, 3.63) is 70.8 Å². The second-order valence-electron chi connectivity index (χ2n) is 7.98. The largest absolute Gasteiger partial charge is 0.351 e. The van der Waals surface area contributed by atoms with Crippen LogP contribution in [0.25, 0.3) is 33.4 Å². The van der Waals surface area contributed by atoms with Gasteiger partial charge in [0.25, 0.3) is 11.5 Å². The molecule has 0 saturated carbocycles. The molecule has 0 unspecified atom stereocenters. The van der Waals surface area contributed by atoms with E-state index in [0.717, 1.165) is 28.8 Å². The first-order valence-corrected chi connectivity index (χ1v) is 10.4. The van der Waals surface area contributed by atoms with Gasteiger partial charge in [-0.05, 0) is 43.9 Å². The fourth-order valence-electron chi connectivity index (χ4n) is 3.72. The SMILES string of the molecule is CN(C)CCNC(=O)c1cccc(-c2c(-c3ccc4nccnc4c3)n(C)n(C)c2=O)c1. The zero-order chi connectivity index (χ0) is 22.8. The van der Waals surface area contributed by atoms with Crippen LogP contribution in [0, 0.1) is 0 Å². The Labute approximate surface area is 186 Å². The second kappa shape index (κ2) is 8.76. The summed E-state index contributed by atoms with van der Waals surface area (Å²) < 4.78 is 3.38. The van der Waals surface area contributed by atoms with Gasteiger partial charge in [0.1, 0.15) is 0 Å². The van der Waals surface area contributed by atoms with E-state index >= 15 is 0 Å². The highest BCUT2D eigenvalue weighted by Crippen LogP contribution is 2.31. The van der Waals surface area contributed by atoms with Crippen LogP contribution in [0.4, 0.5) is 0 Å². The van der Waals surface area contributed by atoms with Crippen LogP contribution in [-0.4, -0.2) is 57.3 Å². The number of benzene rings is 2. The maximum atomic E-state index is 13.2. The summed E-state index contributed by atoms with van der Waals surface area (Å²) in [5.41, 5.74) is 4.77. The van der Waals surface area contributed by atoms with E-state index < -0.39 is 0 Å². The Kier molecular flexibility index (Phi) is 5.87. The summed E-state index contributed by atoms with van der Waals surface area (Å²) in [6, 6.07) is 13.0. The van der Waals surface area contributed by atoms with E-state index in [2.05, 4.69) is 15.3 Å². The molecule has 0 bridgehead atoms. The molecule has 8 heteroatoms. The molecule has 32 heavy (non-hydrogen) atoms. The summed E-state index contributed by atoms with van der Waals surface area (Å²) >= 11 is 0. The quantitative estimate of drug-likeness (QED) is 0.507. The number of nitrogens with one attached hydrogen (secondary N) is 1. The molecule has 8 nitrogen and oxygen atoms in total. The number of fused-ring (bicyclic) bond motifs is 1. The monoisotopic (exact) mass is 430 g/mol. The smallest absolute Gasteiger partial charge is 0.274 e. The van der Waals surface area contributed by atoms with E-state index in [1.807, 2.05) is 55.0 Å². The number of hydrogen-bond acceptors (Lipinski definition) is 5. The van der Waals surface area contributed by atoms with Crippen LogP contribution in [0.1, 0.15) is 10.4 Å². The average Bonchev–Trinajstić information content (AvgIpc) is 3.02. The molecule has 0 atom stereocenters. The highest BCUT2D eigenvalue weighted by Gasteiger charge is 2.20. The minimum Gasteiger partial charge on any atom is -0.351 e. The molecule has 2 heterocycles. The topological polar surface area (TPSA) is 85.1 Å². The average molecular weight is 431 g/mol. The number of likely N-dealkylation sites (N-methyl/N-ethyl adjacent to an activating group) is 1. The molecule has 2 aromatic carbocycles. The van der Waals surface area contributed by atoms with Crippen molar-refractivity contribution >= 4 is 16.9 Å². The van der Waals surface area contributed by atoms with E-state index in [0.29, 0.717) is 23.2 Å². The van der Waals surface area contributed by atoms with Gasteiger partial charge in [0, 0.05) is 50.7 Å². The van der Waals surface area contributed by atoms with Crippen molar-refractivity contribution < 1.29 is 4.79 Å². The molecular weight excluding hydrogens is 404 g/mol. The molecule has 0 fully saturated rings. The first-order valence-electron chi connectivity index (χ1n) is 10.4. The van der Waals surface area contributed by atoms with Crippen LogP contribution in [0.15, 0.2) is 59.7 Å². The second-order valence-corrected chi connectivity index (χ2v) is 7.98. The van der Waals surface area contributed by atoms with Gasteiger partial charge in [0.2, 0.25) is 0 Å². The number of nitrogens with zero attached hydrogens (tertiary/aromatic N) is 5. The molecule has 1 amide bonds. The van der Waals surface area contributed by atoms with Crippen LogP contribution in [-0.2, 0) is 14.1 Å². The molecule has 2 aromatic heterocycles. The molecule has 0 aliphatic carbocycles. The number of hydrogen-bond donors (Lipinski definition) is 1. The maximum Gasteiger partial charge on any atom is 0.274 e. The minimum atomic E-state index is -0.163. The summed E-state index contributed by atoms with van der Waals surface area (Å²) in [4.78, 5) is 36.5. The Morgan fingerprint density at radius 3 is 2.47 bits per heavy atom. The molecule has 0 saturated heterocycles. The normalized spacial score (nSPS) is 11.3. The van der Waals surface area contributed by atoms with Crippen molar-refractivity contribution in [1.82, 2.24) is 29.5 Å². The third-order valence-corrected chi connectivity index (χ3v) is 5.52. The first kappa shape index (κ1) is 21.5. The van der Waals surface area contributed by atoms with Gasteiger partial charge in [-0.2, -0.15) is 0 Å². The fraction of sp³-hybridized carbons (Fsp3) is 0.250. The van der Waals surface area contributed by atoms with Gasteiger partial charge in [0.05, 0.1) is 22.3 Å². The van der Waals surface area contributed by atoms with Crippen molar-refractivity contribution in [2.24, 2.45) is 14.1 Å². The van der Waals surface area contributed by atoms with Crippen LogP contribution in [0.5, 0.6) is 0 Å². The van der Waals surface area contributed by atoms with Gasteiger partial charge in [-0.3, -0.25) is 28.9 Å². The number of amides is 1. The molecule has 4 rings (SSSR count). The van der Waals surface area contributed by atoms with E-state index in [-0.39, 0.29) is 11.5 Å². The lowest BCUT2D eigenvalue weighted by Crippen LogP contribution is -2.31. The van der Waals surface area contributed by atoms with Crippen molar-refractivity contribution in [2.75, 3.05) is 27.2 Å². The van der Waals surface area contributed by atoms with Crippen LogP contribution >= 0.6 is 0 Å².